The zero-order chi connectivity index (χ0) is 13.3. The quantitative estimate of drug-likeness (QED) is 0.881. The smallest absolute Gasteiger partial charge is 0.128 e. The zero-order valence-electron chi connectivity index (χ0n) is 10.4. The van der Waals surface area contributed by atoms with Crippen LogP contribution in [-0.4, -0.2) is 0 Å². The minimum absolute atomic E-state index is 0.262. The van der Waals surface area contributed by atoms with Gasteiger partial charge in [0.2, 0.25) is 0 Å². The molecule has 0 saturated carbocycles. The van der Waals surface area contributed by atoms with E-state index < -0.39 is 6.04 Å². The number of hydrogen-bond donors (Lipinski definition) is 1. The van der Waals surface area contributed by atoms with Crippen LogP contribution in [0.1, 0.15) is 28.3 Å². The van der Waals surface area contributed by atoms with Crippen LogP contribution < -0.4 is 5.73 Å². The monoisotopic (exact) mass is 307 g/mol. The Kier molecular flexibility index (Phi) is 3.83. The molecule has 0 heterocycles. The van der Waals surface area contributed by atoms with Gasteiger partial charge in [0.1, 0.15) is 5.82 Å². The van der Waals surface area contributed by atoms with Crippen molar-refractivity contribution in [2.75, 3.05) is 0 Å². The van der Waals surface area contributed by atoms with Crippen molar-refractivity contribution in [1.29, 1.82) is 0 Å². The standard InChI is InChI=1S/C15H15BrFN/c1-9-6-7-13(17)12(8-9)15(18)11-5-3-4-10(2)14(11)16/h3-8,15H,18H2,1-2H3. The molecule has 2 aromatic rings. The fourth-order valence-corrected chi connectivity index (χ4v) is 2.49. The molecule has 0 aromatic heterocycles. The van der Waals surface area contributed by atoms with Crippen LogP contribution in [0.5, 0.6) is 0 Å². The highest BCUT2D eigenvalue weighted by molar-refractivity contribution is 9.10. The van der Waals surface area contributed by atoms with E-state index in [1.807, 2.05) is 32.0 Å². The first-order valence-electron chi connectivity index (χ1n) is 5.77. The van der Waals surface area contributed by atoms with Crippen molar-refractivity contribution in [1.82, 2.24) is 0 Å². The van der Waals surface area contributed by atoms with Crippen LogP contribution in [0.15, 0.2) is 40.9 Å². The first-order chi connectivity index (χ1) is 8.50. The van der Waals surface area contributed by atoms with Crippen molar-refractivity contribution in [3.8, 4) is 0 Å². The van der Waals surface area contributed by atoms with Gasteiger partial charge in [-0.2, -0.15) is 0 Å². The summed E-state index contributed by atoms with van der Waals surface area (Å²) in [6.07, 6.45) is 0. The van der Waals surface area contributed by atoms with Crippen LogP contribution in [0.4, 0.5) is 4.39 Å². The zero-order valence-corrected chi connectivity index (χ0v) is 12.0. The Morgan fingerprint density at radius 1 is 1.11 bits per heavy atom. The van der Waals surface area contributed by atoms with Gasteiger partial charge in [-0.05, 0) is 31.0 Å². The fourth-order valence-electron chi connectivity index (χ4n) is 1.98. The average Bonchev–Trinajstić information content (AvgIpc) is 2.35. The topological polar surface area (TPSA) is 26.0 Å². The van der Waals surface area contributed by atoms with Gasteiger partial charge in [-0.15, -0.1) is 0 Å². The Morgan fingerprint density at radius 3 is 2.56 bits per heavy atom. The molecule has 0 aliphatic heterocycles. The molecule has 1 atom stereocenters. The first kappa shape index (κ1) is 13.2. The van der Waals surface area contributed by atoms with E-state index in [2.05, 4.69) is 15.9 Å². The SMILES string of the molecule is Cc1ccc(F)c(C(N)c2cccc(C)c2Br)c1. The highest BCUT2D eigenvalue weighted by atomic mass is 79.9. The van der Waals surface area contributed by atoms with E-state index in [9.17, 15) is 4.39 Å². The third-order valence-electron chi connectivity index (χ3n) is 3.04. The predicted octanol–water partition coefficient (Wildman–Crippen LogP) is 4.25. The summed E-state index contributed by atoms with van der Waals surface area (Å²) in [5, 5.41) is 0. The molecule has 0 amide bonds. The summed E-state index contributed by atoms with van der Waals surface area (Å²) in [5.41, 5.74) is 9.72. The summed E-state index contributed by atoms with van der Waals surface area (Å²) >= 11 is 3.52. The maximum absolute atomic E-state index is 13.8. The summed E-state index contributed by atoms with van der Waals surface area (Å²) in [6, 6.07) is 10.4. The lowest BCUT2D eigenvalue weighted by atomic mass is 9.96. The summed E-state index contributed by atoms with van der Waals surface area (Å²) in [6.45, 7) is 3.92. The number of rotatable bonds is 2. The Bertz CT molecular complexity index is 579. The van der Waals surface area contributed by atoms with Crippen LogP contribution in [-0.2, 0) is 0 Å². The molecule has 2 rings (SSSR count). The van der Waals surface area contributed by atoms with Gasteiger partial charge < -0.3 is 5.73 Å². The molecule has 2 N–H and O–H groups in total. The van der Waals surface area contributed by atoms with E-state index in [-0.39, 0.29) is 5.82 Å². The highest BCUT2D eigenvalue weighted by Crippen LogP contribution is 2.30. The normalized spacial score (nSPS) is 12.5. The largest absolute Gasteiger partial charge is 0.320 e. The Balaban J connectivity index is 2.51. The van der Waals surface area contributed by atoms with Crippen LogP contribution >= 0.6 is 15.9 Å². The number of nitrogens with two attached hydrogens (primary N) is 1. The second-order valence-electron chi connectivity index (χ2n) is 4.48. The minimum atomic E-state index is -0.459. The second-order valence-corrected chi connectivity index (χ2v) is 5.27. The summed E-state index contributed by atoms with van der Waals surface area (Å²) in [5.74, 6) is -0.262. The molecule has 0 saturated heterocycles. The van der Waals surface area contributed by atoms with Crippen molar-refractivity contribution in [3.05, 3.63) is 68.9 Å². The molecular formula is C15H15BrFN. The van der Waals surface area contributed by atoms with E-state index in [0.717, 1.165) is 21.2 Å². The lowest BCUT2D eigenvalue weighted by Gasteiger charge is -2.17. The van der Waals surface area contributed by atoms with Gasteiger partial charge >= 0.3 is 0 Å². The molecule has 94 valence electrons. The highest BCUT2D eigenvalue weighted by Gasteiger charge is 2.16. The molecule has 0 fully saturated rings. The van der Waals surface area contributed by atoms with Crippen molar-refractivity contribution >= 4 is 15.9 Å². The second kappa shape index (κ2) is 5.21. The first-order valence-corrected chi connectivity index (χ1v) is 6.56. The van der Waals surface area contributed by atoms with Gasteiger partial charge in [-0.3, -0.25) is 0 Å². The Labute approximate surface area is 115 Å². The van der Waals surface area contributed by atoms with Crippen molar-refractivity contribution in [2.45, 2.75) is 19.9 Å². The molecule has 1 nitrogen and oxygen atoms in total. The van der Waals surface area contributed by atoms with Crippen LogP contribution in [0.25, 0.3) is 0 Å². The summed E-state index contributed by atoms with van der Waals surface area (Å²) < 4.78 is 14.8. The molecule has 2 aromatic carbocycles. The maximum atomic E-state index is 13.8. The van der Waals surface area contributed by atoms with Gasteiger partial charge in [0, 0.05) is 10.0 Å². The van der Waals surface area contributed by atoms with Gasteiger partial charge in [0.15, 0.2) is 0 Å². The molecule has 0 aliphatic rings. The van der Waals surface area contributed by atoms with Gasteiger partial charge in [0.05, 0.1) is 6.04 Å². The van der Waals surface area contributed by atoms with E-state index in [1.54, 1.807) is 12.1 Å². The number of halogens is 2. The number of aryl methyl sites for hydroxylation is 2. The van der Waals surface area contributed by atoms with Crippen LogP contribution in [0.3, 0.4) is 0 Å². The minimum Gasteiger partial charge on any atom is -0.320 e. The van der Waals surface area contributed by atoms with E-state index in [4.69, 9.17) is 5.73 Å². The Morgan fingerprint density at radius 2 is 1.83 bits per heavy atom. The van der Waals surface area contributed by atoms with E-state index >= 15 is 0 Å². The third kappa shape index (κ3) is 2.47. The fraction of sp³-hybridized carbons (Fsp3) is 0.200. The van der Waals surface area contributed by atoms with Gasteiger partial charge in [-0.1, -0.05) is 51.8 Å². The lowest BCUT2D eigenvalue weighted by Crippen LogP contribution is -2.14. The van der Waals surface area contributed by atoms with Crippen molar-refractivity contribution in [3.63, 3.8) is 0 Å². The lowest BCUT2D eigenvalue weighted by molar-refractivity contribution is 0.598. The van der Waals surface area contributed by atoms with Crippen molar-refractivity contribution in [2.24, 2.45) is 5.73 Å². The van der Waals surface area contributed by atoms with E-state index in [0.29, 0.717) is 5.56 Å². The molecule has 0 radical (unpaired) electrons. The molecule has 0 spiro atoms. The van der Waals surface area contributed by atoms with Crippen LogP contribution in [0.2, 0.25) is 0 Å². The number of benzene rings is 2. The third-order valence-corrected chi connectivity index (χ3v) is 4.13. The van der Waals surface area contributed by atoms with Gasteiger partial charge in [-0.25, -0.2) is 4.39 Å². The molecule has 3 heteroatoms. The number of hydrogen-bond acceptors (Lipinski definition) is 1. The van der Waals surface area contributed by atoms with E-state index in [1.165, 1.54) is 6.07 Å². The molecule has 0 bridgehead atoms. The summed E-state index contributed by atoms with van der Waals surface area (Å²) in [4.78, 5) is 0. The van der Waals surface area contributed by atoms with Gasteiger partial charge in [0.25, 0.3) is 0 Å². The van der Waals surface area contributed by atoms with Crippen LogP contribution in [0, 0.1) is 19.7 Å². The molecule has 18 heavy (non-hydrogen) atoms. The Hall–Kier alpha value is -1.19. The average molecular weight is 308 g/mol. The molecule has 0 aliphatic carbocycles. The van der Waals surface area contributed by atoms with Crippen molar-refractivity contribution < 1.29 is 4.39 Å². The maximum Gasteiger partial charge on any atom is 0.128 e. The predicted molar refractivity (Wildman–Crippen MR) is 76.0 cm³/mol. The molecule has 1 unspecified atom stereocenters. The summed E-state index contributed by atoms with van der Waals surface area (Å²) in [7, 11) is 0. The molecular weight excluding hydrogens is 293 g/mol.